The van der Waals surface area contributed by atoms with Gasteiger partial charge < -0.3 is 0 Å². The molecule has 142 valence electrons. The van der Waals surface area contributed by atoms with Crippen molar-refractivity contribution in [3.05, 3.63) is 58.3 Å². The Morgan fingerprint density at radius 3 is 2.41 bits per heavy atom. The van der Waals surface area contributed by atoms with Crippen LogP contribution in [0.3, 0.4) is 0 Å². The molecule has 0 saturated carbocycles. The fourth-order valence-electron chi connectivity index (χ4n) is 2.96. The van der Waals surface area contributed by atoms with Gasteiger partial charge in [0.15, 0.2) is 0 Å². The van der Waals surface area contributed by atoms with Gasteiger partial charge in [-0.15, -0.1) is 0 Å². The number of amides is 1. The number of aryl methyl sites for hydroxylation is 2. The first-order chi connectivity index (χ1) is 12.9. The van der Waals surface area contributed by atoms with Crippen LogP contribution in [0.4, 0.5) is 5.69 Å². The minimum Gasteiger partial charge on any atom is -0.290 e. The molecule has 0 radical (unpaired) electrons. The van der Waals surface area contributed by atoms with Crippen molar-refractivity contribution in [2.45, 2.75) is 47.0 Å². The summed E-state index contributed by atoms with van der Waals surface area (Å²) in [7, 11) is 0. The van der Waals surface area contributed by atoms with Crippen LogP contribution in [0.2, 0.25) is 0 Å². The average Bonchev–Trinajstić information content (AvgIpc) is 3.24. The molecule has 0 aliphatic rings. The van der Waals surface area contributed by atoms with Crippen molar-refractivity contribution < 1.29 is 4.79 Å². The predicted molar refractivity (Wildman–Crippen MR) is 100 cm³/mol. The van der Waals surface area contributed by atoms with Crippen molar-refractivity contribution in [2.75, 3.05) is 4.90 Å². The summed E-state index contributed by atoms with van der Waals surface area (Å²) in [5.74, 6) is -0.263. The summed E-state index contributed by atoms with van der Waals surface area (Å²) in [6.45, 7) is 7.62. The maximum absolute atomic E-state index is 13.1. The highest BCUT2D eigenvalue weighted by Crippen LogP contribution is 2.25. The zero-order chi connectivity index (χ0) is 19.6. The molecule has 0 N–H and O–H groups in total. The number of para-hydroxylation sites is 1. The fraction of sp³-hybridized carbons (Fsp3) is 0.389. The van der Waals surface area contributed by atoms with Crippen molar-refractivity contribution in [1.29, 1.82) is 0 Å². The smallest absolute Gasteiger partial charge is 0.290 e. The maximum Gasteiger partial charge on any atom is 0.364 e. The molecule has 3 aromatic rings. The van der Waals surface area contributed by atoms with Crippen LogP contribution < -0.4 is 10.6 Å². The Morgan fingerprint density at radius 1 is 1.15 bits per heavy atom. The second-order valence-corrected chi connectivity index (χ2v) is 6.71. The Balaban J connectivity index is 1.95. The van der Waals surface area contributed by atoms with E-state index in [0.717, 1.165) is 21.5 Å². The molecular weight excluding hydrogens is 346 g/mol. The number of hydrogen-bond acceptors (Lipinski definition) is 5. The molecule has 9 heteroatoms. The fourth-order valence-corrected chi connectivity index (χ4v) is 2.96. The molecule has 1 amide bonds. The summed E-state index contributed by atoms with van der Waals surface area (Å²) >= 11 is 0. The summed E-state index contributed by atoms with van der Waals surface area (Å²) < 4.78 is 4.01. The molecule has 0 aliphatic heterocycles. The minimum absolute atomic E-state index is 0.125. The maximum atomic E-state index is 13.1. The third-order valence-corrected chi connectivity index (χ3v) is 4.29. The quantitative estimate of drug-likeness (QED) is 0.657. The molecular formula is C18H23N7O2. The molecule has 0 unspecified atom stereocenters. The van der Waals surface area contributed by atoms with Crippen LogP contribution in [0.1, 0.15) is 31.0 Å². The Morgan fingerprint density at radius 2 is 1.85 bits per heavy atom. The number of nitrogens with zero attached hydrogens (tertiary/aromatic N) is 7. The van der Waals surface area contributed by atoms with Crippen LogP contribution in [-0.2, 0) is 18.0 Å². The number of anilines is 1. The summed E-state index contributed by atoms with van der Waals surface area (Å²) in [5, 5.41) is 11.9. The lowest BCUT2D eigenvalue weighted by atomic mass is 10.1. The topological polar surface area (TPSA) is 90.8 Å². The van der Waals surface area contributed by atoms with Gasteiger partial charge in [-0.1, -0.05) is 18.2 Å². The summed E-state index contributed by atoms with van der Waals surface area (Å²) in [6.07, 6.45) is 3.45. The molecule has 0 aliphatic carbocycles. The first kappa shape index (κ1) is 18.6. The van der Waals surface area contributed by atoms with Gasteiger partial charge in [-0.05, 0) is 55.3 Å². The van der Waals surface area contributed by atoms with Crippen molar-refractivity contribution in [3.8, 4) is 0 Å². The van der Waals surface area contributed by atoms with Crippen LogP contribution in [-0.4, -0.2) is 35.5 Å². The molecule has 9 nitrogen and oxygen atoms in total. The number of aromatic nitrogens is 6. The van der Waals surface area contributed by atoms with Gasteiger partial charge in [-0.25, -0.2) is 4.79 Å². The van der Waals surface area contributed by atoms with E-state index < -0.39 is 5.69 Å². The third-order valence-electron chi connectivity index (χ3n) is 4.29. The van der Waals surface area contributed by atoms with E-state index in [1.807, 2.05) is 45.9 Å². The van der Waals surface area contributed by atoms with Gasteiger partial charge in [-0.2, -0.15) is 14.5 Å². The number of hydrogen-bond donors (Lipinski definition) is 0. The molecule has 0 bridgehead atoms. The Hall–Kier alpha value is -3.23. The van der Waals surface area contributed by atoms with Crippen molar-refractivity contribution >= 4 is 11.6 Å². The monoisotopic (exact) mass is 369 g/mol. The zero-order valence-corrected chi connectivity index (χ0v) is 15.9. The van der Waals surface area contributed by atoms with Gasteiger partial charge in [0.2, 0.25) is 0 Å². The lowest BCUT2D eigenvalue weighted by Crippen LogP contribution is -2.39. The van der Waals surface area contributed by atoms with E-state index in [4.69, 9.17) is 0 Å². The lowest BCUT2D eigenvalue weighted by molar-refractivity contribution is -0.119. The molecule has 0 fully saturated rings. The normalized spacial score (nSPS) is 11.1. The van der Waals surface area contributed by atoms with E-state index in [-0.39, 0.29) is 25.2 Å². The zero-order valence-electron chi connectivity index (χ0n) is 15.9. The first-order valence-corrected chi connectivity index (χ1v) is 8.74. The highest BCUT2D eigenvalue weighted by Gasteiger charge is 2.22. The van der Waals surface area contributed by atoms with Crippen molar-refractivity contribution in [2.24, 2.45) is 0 Å². The SMILES string of the molecule is Cc1cccc(C)c1N(Cn1cccn1)C(=O)Cn1nnn(C(C)C)c1=O. The Bertz CT molecular complexity index is 965. The summed E-state index contributed by atoms with van der Waals surface area (Å²) in [6, 6.07) is 7.52. The van der Waals surface area contributed by atoms with E-state index in [9.17, 15) is 9.59 Å². The first-order valence-electron chi connectivity index (χ1n) is 8.74. The van der Waals surface area contributed by atoms with Crippen molar-refractivity contribution in [1.82, 2.24) is 29.6 Å². The Labute approximate surface area is 156 Å². The largest absolute Gasteiger partial charge is 0.364 e. The second-order valence-electron chi connectivity index (χ2n) is 6.71. The highest BCUT2D eigenvalue weighted by molar-refractivity contribution is 5.94. The summed E-state index contributed by atoms with van der Waals surface area (Å²) in [5.41, 5.74) is 2.34. The van der Waals surface area contributed by atoms with Gasteiger partial charge in [0.05, 0.1) is 11.7 Å². The van der Waals surface area contributed by atoms with Gasteiger partial charge in [0.25, 0.3) is 5.91 Å². The predicted octanol–water partition coefficient (Wildman–Crippen LogP) is 1.52. The standard InChI is InChI=1S/C18H23N7O2/c1-13(2)25-18(27)24(20-21-25)11-16(26)23(12-22-10-6-9-19-22)17-14(3)7-5-8-15(17)4/h5-10,13H,11-12H2,1-4H3. The summed E-state index contributed by atoms with van der Waals surface area (Å²) in [4.78, 5) is 27.1. The van der Waals surface area contributed by atoms with E-state index >= 15 is 0 Å². The number of benzene rings is 1. The van der Waals surface area contributed by atoms with E-state index in [1.165, 1.54) is 4.68 Å². The van der Waals surface area contributed by atoms with E-state index in [1.54, 1.807) is 28.0 Å². The van der Waals surface area contributed by atoms with E-state index in [0.29, 0.717) is 0 Å². The van der Waals surface area contributed by atoms with Crippen LogP contribution >= 0.6 is 0 Å². The molecule has 0 saturated heterocycles. The third kappa shape index (κ3) is 3.81. The Kier molecular flexibility index (Phi) is 5.20. The van der Waals surface area contributed by atoms with Gasteiger partial charge in [0.1, 0.15) is 13.2 Å². The van der Waals surface area contributed by atoms with Gasteiger partial charge in [-0.3, -0.25) is 14.4 Å². The molecule has 27 heavy (non-hydrogen) atoms. The number of carbonyl (C=O) groups is 1. The lowest BCUT2D eigenvalue weighted by Gasteiger charge is -2.26. The highest BCUT2D eigenvalue weighted by atomic mass is 16.2. The molecule has 0 spiro atoms. The molecule has 1 aromatic carbocycles. The second kappa shape index (κ2) is 7.56. The van der Waals surface area contributed by atoms with Crippen LogP contribution in [0.15, 0.2) is 41.5 Å². The number of tetrazole rings is 1. The molecule has 0 atom stereocenters. The number of rotatable bonds is 6. The number of carbonyl (C=O) groups excluding carboxylic acids is 1. The van der Waals surface area contributed by atoms with Crippen molar-refractivity contribution in [3.63, 3.8) is 0 Å². The average molecular weight is 369 g/mol. The van der Waals surface area contributed by atoms with Crippen LogP contribution in [0.5, 0.6) is 0 Å². The molecule has 2 heterocycles. The van der Waals surface area contributed by atoms with Gasteiger partial charge >= 0.3 is 5.69 Å². The molecule has 2 aromatic heterocycles. The van der Waals surface area contributed by atoms with Gasteiger partial charge in [0, 0.05) is 12.4 Å². The van der Waals surface area contributed by atoms with E-state index in [2.05, 4.69) is 15.5 Å². The van der Waals surface area contributed by atoms with Crippen LogP contribution in [0, 0.1) is 13.8 Å². The molecule has 3 rings (SSSR count). The minimum atomic E-state index is -0.404. The van der Waals surface area contributed by atoms with Crippen LogP contribution in [0.25, 0.3) is 0 Å².